The summed E-state index contributed by atoms with van der Waals surface area (Å²) in [5, 5.41) is 2.82. The van der Waals surface area contributed by atoms with E-state index >= 15 is 0 Å². The molecule has 1 atom stereocenters. The van der Waals surface area contributed by atoms with Crippen molar-refractivity contribution in [3.63, 3.8) is 0 Å². The van der Waals surface area contributed by atoms with Crippen molar-refractivity contribution in [3.8, 4) is 5.75 Å². The number of nitrogens with zero attached hydrogens (tertiary/aromatic N) is 1. The Morgan fingerprint density at radius 2 is 1.67 bits per heavy atom. The van der Waals surface area contributed by atoms with Crippen LogP contribution >= 0.6 is 0 Å². The van der Waals surface area contributed by atoms with Crippen molar-refractivity contribution in [1.29, 1.82) is 0 Å². The van der Waals surface area contributed by atoms with Gasteiger partial charge in [0, 0.05) is 5.69 Å². The van der Waals surface area contributed by atoms with Crippen LogP contribution in [0.5, 0.6) is 5.75 Å². The van der Waals surface area contributed by atoms with Crippen LogP contribution < -0.4 is 14.4 Å². The zero-order valence-corrected chi connectivity index (χ0v) is 16.9. The molecule has 27 heavy (non-hydrogen) atoms. The third-order valence-electron chi connectivity index (χ3n) is 4.29. The van der Waals surface area contributed by atoms with Crippen molar-refractivity contribution >= 4 is 27.3 Å². The number of sulfonamides is 1. The average Bonchev–Trinajstić information content (AvgIpc) is 2.65. The molecule has 0 fully saturated rings. The maximum atomic E-state index is 12.8. The van der Waals surface area contributed by atoms with E-state index < -0.39 is 16.1 Å². The summed E-state index contributed by atoms with van der Waals surface area (Å²) in [6, 6.07) is 13.3. The zero-order chi connectivity index (χ0) is 20.0. The van der Waals surface area contributed by atoms with Crippen LogP contribution in [0.3, 0.4) is 0 Å². The molecule has 1 amide bonds. The smallest absolute Gasteiger partial charge is 0.248 e. The maximum absolute atomic E-state index is 12.8. The quantitative estimate of drug-likeness (QED) is 0.749. The molecule has 2 aromatic rings. The van der Waals surface area contributed by atoms with E-state index in [4.69, 9.17) is 4.74 Å². The van der Waals surface area contributed by atoms with E-state index in [2.05, 4.69) is 12.2 Å². The Balaban J connectivity index is 2.31. The van der Waals surface area contributed by atoms with Gasteiger partial charge in [0.2, 0.25) is 15.9 Å². The second-order valence-electron chi connectivity index (χ2n) is 6.22. The molecule has 1 unspecified atom stereocenters. The fraction of sp³-hybridized carbons (Fsp3) is 0.350. The molecule has 2 rings (SSSR count). The largest absolute Gasteiger partial charge is 0.497 e. The second kappa shape index (κ2) is 8.90. The minimum atomic E-state index is -3.67. The minimum absolute atomic E-state index is 0.331. The predicted molar refractivity (Wildman–Crippen MR) is 109 cm³/mol. The van der Waals surface area contributed by atoms with Crippen LogP contribution in [0.4, 0.5) is 11.4 Å². The molecule has 7 heteroatoms. The molecular formula is C20H26N2O4S. The molecule has 1 N–H and O–H groups in total. The zero-order valence-electron chi connectivity index (χ0n) is 16.1. The standard InChI is InChI=1S/C20H26N2O4S/c1-5-15-7-9-16(10-8-15)21-20(23)19(6-2)22(27(4,24)25)17-11-13-18(26-3)14-12-17/h7-14,19H,5-6H2,1-4H3,(H,21,23). The highest BCUT2D eigenvalue weighted by Crippen LogP contribution is 2.25. The number of carbonyl (C=O) groups excluding carboxylic acids is 1. The molecule has 0 heterocycles. The summed E-state index contributed by atoms with van der Waals surface area (Å²) in [6.07, 6.45) is 2.34. The van der Waals surface area contributed by atoms with Gasteiger partial charge in [-0.2, -0.15) is 0 Å². The monoisotopic (exact) mass is 390 g/mol. The second-order valence-corrected chi connectivity index (χ2v) is 8.08. The minimum Gasteiger partial charge on any atom is -0.497 e. The first-order chi connectivity index (χ1) is 12.8. The number of ether oxygens (including phenoxy) is 1. The van der Waals surface area contributed by atoms with Crippen LogP contribution in [-0.2, 0) is 21.2 Å². The molecule has 0 spiro atoms. The Morgan fingerprint density at radius 1 is 1.07 bits per heavy atom. The van der Waals surface area contributed by atoms with Gasteiger partial charge in [0.1, 0.15) is 11.8 Å². The van der Waals surface area contributed by atoms with E-state index in [0.717, 1.165) is 22.5 Å². The van der Waals surface area contributed by atoms with Gasteiger partial charge in [0.25, 0.3) is 0 Å². The van der Waals surface area contributed by atoms with Gasteiger partial charge >= 0.3 is 0 Å². The lowest BCUT2D eigenvalue weighted by Crippen LogP contribution is -2.46. The van der Waals surface area contributed by atoms with Crippen molar-refractivity contribution < 1.29 is 17.9 Å². The van der Waals surface area contributed by atoms with Gasteiger partial charge in [0.15, 0.2) is 0 Å². The number of aryl methyl sites for hydroxylation is 1. The fourth-order valence-corrected chi connectivity index (χ4v) is 4.05. The van der Waals surface area contributed by atoms with E-state index in [1.54, 1.807) is 31.2 Å². The number of nitrogens with one attached hydrogen (secondary N) is 1. The maximum Gasteiger partial charge on any atom is 0.248 e. The van der Waals surface area contributed by atoms with Gasteiger partial charge in [-0.15, -0.1) is 0 Å². The lowest BCUT2D eigenvalue weighted by Gasteiger charge is -2.30. The summed E-state index contributed by atoms with van der Waals surface area (Å²) in [5.41, 5.74) is 2.22. The number of hydrogen-bond acceptors (Lipinski definition) is 4. The van der Waals surface area contributed by atoms with Crippen molar-refractivity contribution in [2.75, 3.05) is 23.0 Å². The number of hydrogen-bond donors (Lipinski definition) is 1. The number of anilines is 2. The number of methoxy groups -OCH3 is 1. The molecule has 0 bridgehead atoms. The first-order valence-corrected chi connectivity index (χ1v) is 10.7. The van der Waals surface area contributed by atoms with Crippen molar-refractivity contribution in [1.82, 2.24) is 0 Å². The van der Waals surface area contributed by atoms with Crippen LogP contribution in [0.25, 0.3) is 0 Å². The fourth-order valence-electron chi connectivity index (χ4n) is 2.84. The van der Waals surface area contributed by atoms with Gasteiger partial charge in [-0.3, -0.25) is 9.10 Å². The van der Waals surface area contributed by atoms with Gasteiger partial charge in [0.05, 0.1) is 19.1 Å². The third kappa shape index (κ3) is 5.23. The molecule has 146 valence electrons. The van der Waals surface area contributed by atoms with Crippen molar-refractivity contribution in [2.24, 2.45) is 0 Å². The predicted octanol–water partition coefficient (Wildman–Crippen LogP) is 3.44. The Labute approximate surface area is 161 Å². The van der Waals surface area contributed by atoms with Gasteiger partial charge in [-0.25, -0.2) is 8.42 Å². The number of carbonyl (C=O) groups is 1. The van der Waals surface area contributed by atoms with E-state index in [1.165, 1.54) is 7.11 Å². The first-order valence-electron chi connectivity index (χ1n) is 8.83. The molecule has 0 aliphatic heterocycles. The van der Waals surface area contributed by atoms with Crippen LogP contribution in [0.1, 0.15) is 25.8 Å². The third-order valence-corrected chi connectivity index (χ3v) is 5.47. The molecule has 2 aromatic carbocycles. The van der Waals surface area contributed by atoms with E-state index in [1.807, 2.05) is 24.3 Å². The van der Waals surface area contributed by atoms with Crippen molar-refractivity contribution in [3.05, 3.63) is 54.1 Å². The van der Waals surface area contributed by atoms with E-state index in [9.17, 15) is 13.2 Å². The van der Waals surface area contributed by atoms with Crippen LogP contribution in [0, 0.1) is 0 Å². The number of rotatable bonds is 8. The summed E-state index contributed by atoms with van der Waals surface area (Å²) in [4.78, 5) is 12.8. The molecule has 0 aromatic heterocycles. The van der Waals surface area contributed by atoms with Crippen molar-refractivity contribution in [2.45, 2.75) is 32.7 Å². The summed E-state index contributed by atoms with van der Waals surface area (Å²) < 4.78 is 31.2. The average molecular weight is 391 g/mol. The lowest BCUT2D eigenvalue weighted by atomic mass is 10.1. The van der Waals surface area contributed by atoms with Gasteiger partial charge < -0.3 is 10.1 Å². The SMILES string of the molecule is CCc1ccc(NC(=O)C(CC)N(c2ccc(OC)cc2)S(C)(=O)=O)cc1. The Kier molecular flexibility index (Phi) is 6.85. The highest BCUT2D eigenvalue weighted by molar-refractivity contribution is 7.92. The molecule has 0 radical (unpaired) electrons. The van der Waals surface area contributed by atoms with Crippen LogP contribution in [-0.4, -0.2) is 33.7 Å². The molecule has 0 aliphatic carbocycles. The number of amides is 1. The highest BCUT2D eigenvalue weighted by atomic mass is 32.2. The summed E-state index contributed by atoms with van der Waals surface area (Å²) >= 11 is 0. The van der Waals surface area contributed by atoms with Crippen LogP contribution in [0.15, 0.2) is 48.5 Å². The molecular weight excluding hydrogens is 364 g/mol. The highest BCUT2D eigenvalue weighted by Gasteiger charge is 2.31. The molecule has 0 saturated heterocycles. The molecule has 6 nitrogen and oxygen atoms in total. The Morgan fingerprint density at radius 3 is 2.11 bits per heavy atom. The van der Waals surface area contributed by atoms with E-state index in [-0.39, 0.29) is 5.91 Å². The van der Waals surface area contributed by atoms with E-state index in [0.29, 0.717) is 23.5 Å². The molecule has 0 aliphatic rings. The summed E-state index contributed by atoms with van der Waals surface area (Å²) in [6.45, 7) is 3.84. The summed E-state index contributed by atoms with van der Waals surface area (Å²) in [5.74, 6) is 0.240. The first kappa shape index (κ1) is 20.8. The lowest BCUT2D eigenvalue weighted by molar-refractivity contribution is -0.117. The molecule has 0 saturated carbocycles. The topological polar surface area (TPSA) is 75.7 Å². The number of benzene rings is 2. The van der Waals surface area contributed by atoms with Gasteiger partial charge in [-0.1, -0.05) is 26.0 Å². The normalized spacial score (nSPS) is 12.3. The summed E-state index contributed by atoms with van der Waals surface area (Å²) in [7, 11) is -2.13. The Hall–Kier alpha value is -2.54. The van der Waals surface area contributed by atoms with Gasteiger partial charge in [-0.05, 0) is 54.8 Å². The van der Waals surface area contributed by atoms with Crippen LogP contribution in [0.2, 0.25) is 0 Å². The Bertz CT molecular complexity index is 862.